The molecule has 1 aromatic rings. The average Bonchev–Trinajstić information content (AvgIpc) is 2.16. The van der Waals surface area contributed by atoms with Gasteiger partial charge in [0, 0.05) is 18.0 Å². The van der Waals surface area contributed by atoms with Gasteiger partial charge in [0.25, 0.3) is 0 Å². The second-order valence-electron chi connectivity index (χ2n) is 2.78. The minimum Gasteiger partial charge on any atom is -0.494 e. The minimum absolute atomic E-state index is 0.759. The topological polar surface area (TPSA) is 21.3 Å². The van der Waals surface area contributed by atoms with E-state index in [1.165, 1.54) is 0 Å². The van der Waals surface area contributed by atoms with Gasteiger partial charge in [-0.2, -0.15) is 0 Å². The van der Waals surface area contributed by atoms with E-state index >= 15 is 0 Å². The third kappa shape index (κ3) is 2.84. The zero-order valence-corrected chi connectivity index (χ0v) is 8.90. The van der Waals surface area contributed by atoms with Crippen LogP contribution in [0.15, 0.2) is 23.1 Å². The van der Waals surface area contributed by atoms with Crippen molar-refractivity contribution in [1.29, 1.82) is 0 Å². The summed E-state index contributed by atoms with van der Waals surface area (Å²) in [7, 11) is 1.87. The van der Waals surface area contributed by atoms with Crippen molar-refractivity contribution >= 4 is 18.3 Å². The van der Waals surface area contributed by atoms with E-state index in [1.54, 1.807) is 0 Å². The van der Waals surface area contributed by atoms with Crippen LogP contribution in [0.1, 0.15) is 13.3 Å². The van der Waals surface area contributed by atoms with E-state index < -0.39 is 0 Å². The molecule has 0 aliphatic carbocycles. The zero-order chi connectivity index (χ0) is 9.68. The molecule has 0 radical (unpaired) electrons. The summed E-state index contributed by atoms with van der Waals surface area (Å²) >= 11 is 4.30. The predicted molar refractivity (Wildman–Crippen MR) is 59.0 cm³/mol. The van der Waals surface area contributed by atoms with Gasteiger partial charge in [-0.25, -0.2) is 0 Å². The van der Waals surface area contributed by atoms with Crippen molar-refractivity contribution in [2.75, 3.05) is 19.0 Å². The molecule has 0 aliphatic rings. The summed E-state index contributed by atoms with van der Waals surface area (Å²) in [5.41, 5.74) is 0.997. The number of nitrogens with one attached hydrogen (secondary N) is 1. The van der Waals surface area contributed by atoms with Gasteiger partial charge in [-0.3, -0.25) is 0 Å². The fourth-order valence-corrected chi connectivity index (χ4v) is 1.28. The Hall–Kier alpha value is -0.830. The van der Waals surface area contributed by atoms with Gasteiger partial charge in [0.15, 0.2) is 0 Å². The van der Waals surface area contributed by atoms with Crippen LogP contribution in [-0.2, 0) is 0 Å². The van der Waals surface area contributed by atoms with Gasteiger partial charge in [-0.15, -0.1) is 12.6 Å². The van der Waals surface area contributed by atoms with Gasteiger partial charge in [0.1, 0.15) is 5.75 Å². The van der Waals surface area contributed by atoms with Crippen LogP contribution < -0.4 is 10.1 Å². The maximum Gasteiger partial charge on any atom is 0.121 e. The first-order valence-electron chi connectivity index (χ1n) is 4.41. The van der Waals surface area contributed by atoms with Crippen molar-refractivity contribution in [2.45, 2.75) is 18.2 Å². The lowest BCUT2D eigenvalue weighted by Crippen LogP contribution is -1.96. The van der Waals surface area contributed by atoms with Crippen molar-refractivity contribution < 1.29 is 4.74 Å². The molecule has 2 nitrogen and oxygen atoms in total. The summed E-state index contributed by atoms with van der Waals surface area (Å²) in [6, 6.07) is 5.82. The Morgan fingerprint density at radius 2 is 2.23 bits per heavy atom. The maximum atomic E-state index is 5.48. The number of thiol groups is 1. The van der Waals surface area contributed by atoms with Crippen LogP contribution in [0.25, 0.3) is 0 Å². The Morgan fingerprint density at radius 1 is 1.46 bits per heavy atom. The summed E-state index contributed by atoms with van der Waals surface area (Å²) in [4.78, 5) is 0.936. The fourth-order valence-electron chi connectivity index (χ4n) is 1.03. The highest BCUT2D eigenvalue weighted by Crippen LogP contribution is 2.24. The standard InChI is InChI=1S/C10H15NOS/c1-3-6-12-8-4-5-10(13)9(7-8)11-2/h4-5,7,11,13H,3,6H2,1-2H3. The number of hydrogen-bond acceptors (Lipinski definition) is 3. The first-order valence-corrected chi connectivity index (χ1v) is 4.86. The third-order valence-electron chi connectivity index (χ3n) is 1.71. The molecule has 1 N–H and O–H groups in total. The van der Waals surface area contributed by atoms with Gasteiger partial charge in [0.05, 0.1) is 12.3 Å². The third-order valence-corrected chi connectivity index (χ3v) is 2.10. The smallest absolute Gasteiger partial charge is 0.121 e. The molecular weight excluding hydrogens is 182 g/mol. The van der Waals surface area contributed by atoms with E-state index in [0.717, 1.165) is 29.4 Å². The lowest BCUT2D eigenvalue weighted by atomic mass is 10.3. The number of benzene rings is 1. The summed E-state index contributed by atoms with van der Waals surface area (Å²) in [6.07, 6.45) is 1.03. The van der Waals surface area contributed by atoms with Crippen LogP contribution in [0, 0.1) is 0 Å². The molecule has 13 heavy (non-hydrogen) atoms. The normalized spacial score (nSPS) is 9.77. The molecule has 1 aromatic carbocycles. The van der Waals surface area contributed by atoms with Crippen LogP contribution in [0.4, 0.5) is 5.69 Å². The zero-order valence-electron chi connectivity index (χ0n) is 8.00. The lowest BCUT2D eigenvalue weighted by molar-refractivity contribution is 0.317. The van der Waals surface area contributed by atoms with Gasteiger partial charge in [0.2, 0.25) is 0 Å². The largest absolute Gasteiger partial charge is 0.494 e. The number of hydrogen-bond donors (Lipinski definition) is 2. The highest BCUT2D eigenvalue weighted by Gasteiger charge is 1.98. The summed E-state index contributed by atoms with van der Waals surface area (Å²) in [5.74, 6) is 0.893. The number of rotatable bonds is 4. The minimum atomic E-state index is 0.759. The molecule has 0 spiro atoms. The summed E-state index contributed by atoms with van der Waals surface area (Å²) in [5, 5.41) is 3.06. The van der Waals surface area contributed by atoms with Crippen molar-refractivity contribution in [3.8, 4) is 5.75 Å². The predicted octanol–water partition coefficient (Wildman–Crippen LogP) is 2.81. The molecule has 0 saturated heterocycles. The van der Waals surface area contributed by atoms with Crippen LogP contribution in [0.2, 0.25) is 0 Å². The van der Waals surface area contributed by atoms with E-state index in [2.05, 4.69) is 24.9 Å². The lowest BCUT2D eigenvalue weighted by Gasteiger charge is -2.08. The maximum absolute atomic E-state index is 5.48. The average molecular weight is 197 g/mol. The molecule has 72 valence electrons. The van der Waals surface area contributed by atoms with Gasteiger partial charge in [-0.1, -0.05) is 6.92 Å². The monoisotopic (exact) mass is 197 g/mol. The van der Waals surface area contributed by atoms with Crippen LogP contribution >= 0.6 is 12.6 Å². The molecular formula is C10H15NOS. The molecule has 0 atom stereocenters. The van der Waals surface area contributed by atoms with E-state index in [-0.39, 0.29) is 0 Å². The second-order valence-corrected chi connectivity index (χ2v) is 3.26. The Labute approximate surface area is 84.7 Å². The SMILES string of the molecule is CCCOc1ccc(S)c(NC)c1. The Bertz CT molecular complexity index is 276. The van der Waals surface area contributed by atoms with Gasteiger partial charge in [-0.05, 0) is 18.6 Å². The summed E-state index contributed by atoms with van der Waals surface area (Å²) in [6.45, 7) is 2.85. The number of ether oxygens (including phenoxy) is 1. The molecule has 0 aliphatic heterocycles. The van der Waals surface area contributed by atoms with Crippen molar-refractivity contribution in [1.82, 2.24) is 0 Å². The quantitative estimate of drug-likeness (QED) is 0.724. The molecule has 0 saturated carbocycles. The van der Waals surface area contributed by atoms with Gasteiger partial charge < -0.3 is 10.1 Å². The molecule has 0 unspecified atom stereocenters. The van der Waals surface area contributed by atoms with E-state index in [9.17, 15) is 0 Å². The Balaban J connectivity index is 2.74. The van der Waals surface area contributed by atoms with E-state index in [0.29, 0.717) is 0 Å². The first kappa shape index (κ1) is 10.3. The number of anilines is 1. The van der Waals surface area contributed by atoms with Crippen molar-refractivity contribution in [3.63, 3.8) is 0 Å². The molecule has 0 aromatic heterocycles. The molecule has 0 fully saturated rings. The highest BCUT2D eigenvalue weighted by molar-refractivity contribution is 7.80. The Morgan fingerprint density at radius 3 is 2.85 bits per heavy atom. The van der Waals surface area contributed by atoms with Crippen molar-refractivity contribution in [3.05, 3.63) is 18.2 Å². The van der Waals surface area contributed by atoms with Gasteiger partial charge >= 0.3 is 0 Å². The first-order chi connectivity index (χ1) is 6.27. The summed E-state index contributed by atoms with van der Waals surface area (Å²) < 4.78 is 5.48. The second kappa shape index (κ2) is 5.02. The highest BCUT2D eigenvalue weighted by atomic mass is 32.1. The van der Waals surface area contributed by atoms with Crippen molar-refractivity contribution in [2.24, 2.45) is 0 Å². The molecule has 0 bridgehead atoms. The molecule has 0 amide bonds. The van der Waals surface area contributed by atoms with Crippen LogP contribution in [0.5, 0.6) is 5.75 Å². The molecule has 1 rings (SSSR count). The molecule has 0 heterocycles. The molecule has 3 heteroatoms. The van der Waals surface area contributed by atoms with Crippen LogP contribution in [0.3, 0.4) is 0 Å². The fraction of sp³-hybridized carbons (Fsp3) is 0.400. The van der Waals surface area contributed by atoms with Crippen LogP contribution in [-0.4, -0.2) is 13.7 Å². The van der Waals surface area contributed by atoms with E-state index in [4.69, 9.17) is 4.74 Å². The van der Waals surface area contributed by atoms with E-state index in [1.807, 2.05) is 25.2 Å². The Kier molecular flexibility index (Phi) is 3.96.